The number of hydrogen-bond acceptors (Lipinski definition) is 4. The van der Waals surface area contributed by atoms with Gasteiger partial charge in [-0.25, -0.2) is 0 Å². The molecule has 92 valence electrons. The van der Waals surface area contributed by atoms with E-state index in [2.05, 4.69) is 5.32 Å². The van der Waals surface area contributed by atoms with Gasteiger partial charge in [-0.3, -0.25) is 4.79 Å². The number of benzene rings is 1. The number of ether oxygens (including phenoxy) is 2. The first-order chi connectivity index (χ1) is 8.27. The minimum atomic E-state index is -0.547. The molecule has 1 aromatic carbocycles. The van der Waals surface area contributed by atoms with Crippen LogP contribution in [0.2, 0.25) is 0 Å². The van der Waals surface area contributed by atoms with Crippen molar-refractivity contribution in [3.8, 4) is 5.75 Å². The first-order valence-electron chi connectivity index (χ1n) is 5.51. The Morgan fingerprint density at radius 1 is 1.41 bits per heavy atom. The fraction of sp³-hybridized carbons (Fsp3) is 0.417. The van der Waals surface area contributed by atoms with Crippen molar-refractivity contribution in [3.63, 3.8) is 0 Å². The average molecular weight is 237 g/mol. The monoisotopic (exact) mass is 237 g/mol. The average Bonchev–Trinajstić information content (AvgIpc) is 2.38. The lowest BCUT2D eigenvalue weighted by Crippen LogP contribution is -2.42. The van der Waals surface area contributed by atoms with Gasteiger partial charge >= 0.3 is 0 Å². The molecule has 0 bridgehead atoms. The number of para-hydroxylation sites is 1. The van der Waals surface area contributed by atoms with E-state index in [0.29, 0.717) is 18.8 Å². The van der Waals surface area contributed by atoms with Crippen LogP contribution in [0.15, 0.2) is 24.3 Å². The molecule has 17 heavy (non-hydrogen) atoms. The van der Waals surface area contributed by atoms with Crippen LogP contribution in [0.3, 0.4) is 0 Å². The molecular weight excluding hydrogens is 222 g/mol. The summed E-state index contributed by atoms with van der Waals surface area (Å²) in [5.41, 5.74) is 0.678. The maximum atomic E-state index is 11.7. The van der Waals surface area contributed by atoms with Gasteiger partial charge in [0.15, 0.2) is 6.10 Å². The Hall–Kier alpha value is -1.59. The second kappa shape index (κ2) is 5.65. The molecule has 1 aliphatic heterocycles. The van der Waals surface area contributed by atoms with E-state index in [0.717, 1.165) is 0 Å². The van der Waals surface area contributed by atoms with Crippen molar-refractivity contribution in [1.82, 2.24) is 5.32 Å². The van der Waals surface area contributed by atoms with Crippen LogP contribution in [0.1, 0.15) is 5.56 Å². The predicted octanol–water partition coefficient (Wildman–Crippen LogP) is 0.424. The van der Waals surface area contributed by atoms with E-state index >= 15 is 0 Å². The molecule has 1 aromatic rings. The highest BCUT2D eigenvalue weighted by molar-refractivity contribution is 5.81. The van der Waals surface area contributed by atoms with E-state index in [4.69, 9.17) is 9.47 Å². The minimum absolute atomic E-state index is 0.175. The summed E-state index contributed by atoms with van der Waals surface area (Å²) in [5.74, 6) is -0.0402. The van der Waals surface area contributed by atoms with Crippen molar-refractivity contribution in [2.75, 3.05) is 19.8 Å². The van der Waals surface area contributed by atoms with E-state index in [1.165, 1.54) is 0 Å². The Kier molecular flexibility index (Phi) is 3.95. The number of carbonyl (C=O) groups excluding carboxylic acids is 1. The van der Waals surface area contributed by atoms with Crippen LogP contribution >= 0.6 is 0 Å². The molecule has 1 aliphatic rings. The molecule has 0 saturated carbocycles. The lowest BCUT2D eigenvalue weighted by atomic mass is 10.2. The molecule has 1 amide bonds. The third-order valence-electron chi connectivity index (χ3n) is 2.55. The Morgan fingerprint density at radius 2 is 2.24 bits per heavy atom. The molecular formula is C12H15NO4. The topological polar surface area (TPSA) is 67.8 Å². The van der Waals surface area contributed by atoms with E-state index in [1.807, 2.05) is 0 Å². The highest BCUT2D eigenvalue weighted by Gasteiger charge is 2.22. The van der Waals surface area contributed by atoms with Gasteiger partial charge < -0.3 is 19.9 Å². The molecule has 1 fully saturated rings. The van der Waals surface area contributed by atoms with Crippen molar-refractivity contribution in [2.24, 2.45) is 0 Å². The number of phenolic OH excluding ortho intramolecular Hbond substituents is 1. The summed E-state index contributed by atoms with van der Waals surface area (Å²) in [6.45, 7) is 1.54. The number of rotatable bonds is 3. The number of aromatic hydroxyl groups is 1. The number of nitrogens with one attached hydrogen (secondary N) is 1. The number of hydrogen-bond donors (Lipinski definition) is 2. The van der Waals surface area contributed by atoms with E-state index in [-0.39, 0.29) is 24.8 Å². The second-order valence-electron chi connectivity index (χ2n) is 3.78. The molecule has 0 aliphatic carbocycles. The van der Waals surface area contributed by atoms with Gasteiger partial charge in [-0.15, -0.1) is 0 Å². The van der Waals surface area contributed by atoms with Crippen LogP contribution in [0.25, 0.3) is 0 Å². The molecule has 1 unspecified atom stereocenters. The summed E-state index contributed by atoms with van der Waals surface area (Å²) in [7, 11) is 0. The highest BCUT2D eigenvalue weighted by Crippen LogP contribution is 2.15. The van der Waals surface area contributed by atoms with Crippen molar-refractivity contribution < 1.29 is 19.4 Å². The third-order valence-corrected chi connectivity index (χ3v) is 2.55. The SMILES string of the molecule is O=C(NCc1ccccc1O)C1COCCO1. The maximum absolute atomic E-state index is 11.7. The molecule has 0 radical (unpaired) electrons. The predicted molar refractivity (Wildman–Crippen MR) is 60.5 cm³/mol. The first-order valence-corrected chi connectivity index (χ1v) is 5.51. The van der Waals surface area contributed by atoms with Gasteiger partial charge in [-0.1, -0.05) is 18.2 Å². The second-order valence-corrected chi connectivity index (χ2v) is 3.78. The molecule has 1 heterocycles. The van der Waals surface area contributed by atoms with Crippen molar-refractivity contribution in [2.45, 2.75) is 12.6 Å². The Morgan fingerprint density at radius 3 is 2.94 bits per heavy atom. The molecule has 0 aromatic heterocycles. The Labute approximate surface area is 99.3 Å². The van der Waals surface area contributed by atoms with Crippen LogP contribution in [0.4, 0.5) is 0 Å². The summed E-state index contributed by atoms with van der Waals surface area (Å²) in [5, 5.41) is 12.2. The minimum Gasteiger partial charge on any atom is -0.508 e. The summed E-state index contributed by atoms with van der Waals surface area (Å²) in [6.07, 6.45) is -0.547. The lowest BCUT2D eigenvalue weighted by Gasteiger charge is -2.22. The van der Waals surface area contributed by atoms with Gasteiger partial charge in [-0.2, -0.15) is 0 Å². The Bertz CT molecular complexity index is 388. The summed E-state index contributed by atoms with van der Waals surface area (Å²) in [4.78, 5) is 11.7. The van der Waals surface area contributed by atoms with E-state index in [1.54, 1.807) is 24.3 Å². The molecule has 2 N–H and O–H groups in total. The van der Waals surface area contributed by atoms with Crippen LogP contribution < -0.4 is 5.32 Å². The van der Waals surface area contributed by atoms with Crippen molar-refractivity contribution in [1.29, 1.82) is 0 Å². The van der Waals surface area contributed by atoms with Crippen LogP contribution in [0.5, 0.6) is 5.75 Å². The van der Waals surface area contributed by atoms with Gasteiger partial charge in [0, 0.05) is 12.1 Å². The standard InChI is InChI=1S/C12H15NO4/c14-10-4-2-1-3-9(10)7-13-12(15)11-8-16-5-6-17-11/h1-4,11,14H,5-8H2,(H,13,15). The fourth-order valence-corrected chi connectivity index (χ4v) is 1.60. The van der Waals surface area contributed by atoms with Gasteiger partial charge in [0.25, 0.3) is 5.91 Å². The molecule has 1 saturated heterocycles. The normalized spacial score (nSPS) is 19.9. The van der Waals surface area contributed by atoms with Crippen molar-refractivity contribution >= 4 is 5.91 Å². The number of phenols is 1. The number of carbonyl (C=O) groups is 1. The number of amides is 1. The third kappa shape index (κ3) is 3.18. The fourth-order valence-electron chi connectivity index (χ4n) is 1.60. The maximum Gasteiger partial charge on any atom is 0.251 e. The van der Waals surface area contributed by atoms with Gasteiger partial charge in [0.05, 0.1) is 19.8 Å². The van der Waals surface area contributed by atoms with Crippen LogP contribution in [-0.2, 0) is 20.8 Å². The van der Waals surface area contributed by atoms with Gasteiger partial charge in [0.2, 0.25) is 0 Å². The largest absolute Gasteiger partial charge is 0.508 e. The zero-order valence-corrected chi connectivity index (χ0v) is 9.39. The van der Waals surface area contributed by atoms with Crippen LogP contribution in [-0.4, -0.2) is 36.9 Å². The van der Waals surface area contributed by atoms with Crippen LogP contribution in [0, 0.1) is 0 Å². The summed E-state index contributed by atoms with van der Waals surface area (Å²) >= 11 is 0. The van der Waals surface area contributed by atoms with Gasteiger partial charge in [0.1, 0.15) is 5.75 Å². The van der Waals surface area contributed by atoms with E-state index in [9.17, 15) is 9.90 Å². The van der Waals surface area contributed by atoms with Gasteiger partial charge in [-0.05, 0) is 6.07 Å². The molecule has 1 atom stereocenters. The molecule has 5 heteroatoms. The zero-order chi connectivity index (χ0) is 12.1. The lowest BCUT2D eigenvalue weighted by molar-refractivity contribution is -0.147. The molecule has 5 nitrogen and oxygen atoms in total. The van der Waals surface area contributed by atoms with Crippen molar-refractivity contribution in [3.05, 3.63) is 29.8 Å². The smallest absolute Gasteiger partial charge is 0.251 e. The summed E-state index contributed by atoms with van der Waals surface area (Å²) < 4.78 is 10.4. The first kappa shape index (κ1) is 11.9. The van der Waals surface area contributed by atoms with E-state index < -0.39 is 6.10 Å². The molecule has 0 spiro atoms. The Balaban J connectivity index is 1.85. The quantitative estimate of drug-likeness (QED) is 0.799. The highest BCUT2D eigenvalue weighted by atomic mass is 16.6. The summed E-state index contributed by atoms with van der Waals surface area (Å²) in [6, 6.07) is 6.88. The molecule has 2 rings (SSSR count). The zero-order valence-electron chi connectivity index (χ0n) is 9.39.